The summed E-state index contributed by atoms with van der Waals surface area (Å²) >= 11 is 12.3. The SMILES string of the molecule is C=C1CC2COC(=O)C2(Cc2ccc(NC(=O)Cc3c(Cl)cccc3Cl)cc2)C1. The fourth-order valence-corrected chi connectivity index (χ4v) is 4.93. The Morgan fingerprint density at radius 1 is 1.17 bits per heavy atom. The van der Waals surface area contributed by atoms with Crippen LogP contribution in [-0.2, 0) is 27.2 Å². The van der Waals surface area contributed by atoms with Gasteiger partial charge in [0.05, 0.1) is 18.4 Å². The molecular formula is C23H21Cl2NO3. The van der Waals surface area contributed by atoms with Crippen molar-refractivity contribution in [1.29, 1.82) is 0 Å². The molecule has 29 heavy (non-hydrogen) atoms. The molecule has 2 aliphatic rings. The molecule has 1 saturated heterocycles. The van der Waals surface area contributed by atoms with Crippen LogP contribution in [0.4, 0.5) is 5.69 Å². The number of halogens is 2. The normalized spacial score (nSPS) is 23.0. The third-order valence-corrected chi connectivity index (χ3v) is 6.57. The molecule has 2 fully saturated rings. The summed E-state index contributed by atoms with van der Waals surface area (Å²) in [5, 5.41) is 3.81. The third-order valence-electron chi connectivity index (χ3n) is 5.86. The average molecular weight is 430 g/mol. The summed E-state index contributed by atoms with van der Waals surface area (Å²) in [6, 6.07) is 12.7. The van der Waals surface area contributed by atoms with Crippen molar-refractivity contribution in [2.45, 2.75) is 25.7 Å². The molecule has 2 aromatic carbocycles. The lowest BCUT2D eigenvalue weighted by molar-refractivity contribution is -0.146. The van der Waals surface area contributed by atoms with Gasteiger partial charge in [-0.2, -0.15) is 0 Å². The van der Waals surface area contributed by atoms with Crippen molar-refractivity contribution in [2.75, 3.05) is 11.9 Å². The van der Waals surface area contributed by atoms with E-state index in [9.17, 15) is 9.59 Å². The molecule has 1 heterocycles. The number of allylic oxidation sites excluding steroid dienone is 1. The number of anilines is 1. The molecule has 1 amide bonds. The summed E-state index contributed by atoms with van der Waals surface area (Å²) in [5.41, 5.74) is 2.96. The van der Waals surface area contributed by atoms with E-state index < -0.39 is 5.41 Å². The van der Waals surface area contributed by atoms with E-state index in [1.165, 1.54) is 0 Å². The van der Waals surface area contributed by atoms with Crippen LogP contribution in [0.25, 0.3) is 0 Å². The summed E-state index contributed by atoms with van der Waals surface area (Å²) in [5.74, 6) is -0.102. The van der Waals surface area contributed by atoms with Gasteiger partial charge < -0.3 is 10.1 Å². The van der Waals surface area contributed by atoms with Crippen LogP contribution in [0.2, 0.25) is 10.0 Å². The van der Waals surface area contributed by atoms with Gasteiger partial charge in [-0.1, -0.05) is 53.6 Å². The van der Waals surface area contributed by atoms with Crippen LogP contribution in [0.15, 0.2) is 54.6 Å². The molecule has 150 valence electrons. The maximum atomic E-state index is 12.4. The lowest BCUT2D eigenvalue weighted by Gasteiger charge is -2.24. The Bertz CT molecular complexity index is 966. The number of benzene rings is 2. The second-order valence-corrected chi connectivity index (χ2v) is 8.70. The average Bonchev–Trinajstić information content (AvgIpc) is 3.14. The predicted molar refractivity (Wildman–Crippen MR) is 114 cm³/mol. The zero-order valence-corrected chi connectivity index (χ0v) is 17.4. The summed E-state index contributed by atoms with van der Waals surface area (Å²) < 4.78 is 5.34. The summed E-state index contributed by atoms with van der Waals surface area (Å²) in [6.07, 6.45) is 2.26. The van der Waals surface area contributed by atoms with E-state index in [1.54, 1.807) is 18.2 Å². The zero-order chi connectivity index (χ0) is 20.6. The Kier molecular flexibility index (Phi) is 5.41. The predicted octanol–water partition coefficient (Wildman–Crippen LogP) is 5.23. The highest BCUT2D eigenvalue weighted by atomic mass is 35.5. The molecule has 6 heteroatoms. The van der Waals surface area contributed by atoms with Gasteiger partial charge in [0.25, 0.3) is 0 Å². The molecule has 0 bridgehead atoms. The van der Waals surface area contributed by atoms with Crippen molar-refractivity contribution in [3.8, 4) is 0 Å². The van der Waals surface area contributed by atoms with E-state index in [-0.39, 0.29) is 24.2 Å². The number of cyclic esters (lactones) is 1. The van der Waals surface area contributed by atoms with E-state index in [0.29, 0.717) is 40.7 Å². The van der Waals surface area contributed by atoms with Crippen LogP contribution < -0.4 is 5.32 Å². The fraction of sp³-hybridized carbons (Fsp3) is 0.304. The third kappa shape index (κ3) is 3.92. The lowest BCUT2D eigenvalue weighted by atomic mass is 9.75. The monoisotopic (exact) mass is 429 g/mol. The molecule has 1 aliphatic heterocycles. The van der Waals surface area contributed by atoms with Crippen molar-refractivity contribution < 1.29 is 14.3 Å². The van der Waals surface area contributed by atoms with Gasteiger partial charge in [-0.3, -0.25) is 9.59 Å². The first-order valence-corrected chi connectivity index (χ1v) is 10.3. The Hall–Kier alpha value is -2.30. The van der Waals surface area contributed by atoms with Crippen LogP contribution in [0.5, 0.6) is 0 Å². The fourth-order valence-electron chi connectivity index (χ4n) is 4.40. The minimum atomic E-state index is -0.483. The Morgan fingerprint density at radius 3 is 2.55 bits per heavy atom. The van der Waals surface area contributed by atoms with Crippen LogP contribution in [0.1, 0.15) is 24.0 Å². The zero-order valence-electron chi connectivity index (χ0n) is 15.8. The molecule has 1 N–H and O–H groups in total. The molecule has 1 aliphatic carbocycles. The van der Waals surface area contributed by atoms with Gasteiger partial charge >= 0.3 is 5.97 Å². The molecule has 2 atom stereocenters. The highest BCUT2D eigenvalue weighted by Gasteiger charge is 2.55. The highest BCUT2D eigenvalue weighted by Crippen LogP contribution is 2.52. The maximum Gasteiger partial charge on any atom is 0.313 e. The standard InChI is InChI=1S/C23H21Cl2NO3/c1-14-9-16-13-29-22(28)23(16,11-14)12-15-5-7-17(8-6-15)26-21(27)10-18-19(24)3-2-4-20(18)25/h2-8,16H,1,9-13H2,(H,26,27). The first-order chi connectivity index (χ1) is 13.9. The van der Waals surface area contributed by atoms with Gasteiger partial charge in [0.2, 0.25) is 5.91 Å². The maximum absolute atomic E-state index is 12.4. The van der Waals surface area contributed by atoms with Gasteiger partial charge in [0.1, 0.15) is 0 Å². The quantitative estimate of drug-likeness (QED) is 0.522. The van der Waals surface area contributed by atoms with E-state index in [4.69, 9.17) is 27.9 Å². The first kappa shape index (κ1) is 20.0. The molecule has 4 rings (SSSR count). The largest absolute Gasteiger partial charge is 0.465 e. The topological polar surface area (TPSA) is 55.4 Å². The van der Waals surface area contributed by atoms with E-state index >= 15 is 0 Å². The molecule has 1 saturated carbocycles. The van der Waals surface area contributed by atoms with Gasteiger partial charge in [-0.15, -0.1) is 0 Å². The highest BCUT2D eigenvalue weighted by molar-refractivity contribution is 6.36. The van der Waals surface area contributed by atoms with E-state index in [1.807, 2.05) is 24.3 Å². The second kappa shape index (κ2) is 7.85. The molecule has 0 aromatic heterocycles. The van der Waals surface area contributed by atoms with Crippen LogP contribution in [-0.4, -0.2) is 18.5 Å². The van der Waals surface area contributed by atoms with Crippen molar-refractivity contribution in [3.63, 3.8) is 0 Å². The molecule has 2 unspecified atom stereocenters. The number of ether oxygens (including phenoxy) is 1. The van der Waals surface area contributed by atoms with Crippen LogP contribution in [0, 0.1) is 11.3 Å². The van der Waals surface area contributed by atoms with Crippen molar-refractivity contribution in [1.82, 2.24) is 0 Å². The summed E-state index contributed by atoms with van der Waals surface area (Å²) in [4.78, 5) is 24.8. The molecule has 4 nitrogen and oxygen atoms in total. The minimum absolute atomic E-state index is 0.0962. The van der Waals surface area contributed by atoms with Crippen LogP contribution in [0.3, 0.4) is 0 Å². The van der Waals surface area contributed by atoms with Crippen molar-refractivity contribution in [2.24, 2.45) is 11.3 Å². The van der Waals surface area contributed by atoms with Gasteiger partial charge in [0, 0.05) is 21.7 Å². The lowest BCUT2D eigenvalue weighted by Crippen LogP contribution is -2.31. The number of esters is 1. The Morgan fingerprint density at radius 2 is 1.86 bits per heavy atom. The number of hydrogen-bond donors (Lipinski definition) is 1. The number of amides is 1. The van der Waals surface area contributed by atoms with Gasteiger partial charge in [-0.25, -0.2) is 0 Å². The van der Waals surface area contributed by atoms with Gasteiger partial charge in [-0.05, 0) is 54.7 Å². The van der Waals surface area contributed by atoms with E-state index in [2.05, 4.69) is 11.9 Å². The Balaban J connectivity index is 1.43. The smallest absolute Gasteiger partial charge is 0.313 e. The number of rotatable bonds is 5. The van der Waals surface area contributed by atoms with Crippen molar-refractivity contribution in [3.05, 3.63) is 75.8 Å². The molecule has 2 aromatic rings. The second-order valence-electron chi connectivity index (χ2n) is 7.88. The molecular weight excluding hydrogens is 409 g/mol. The minimum Gasteiger partial charge on any atom is -0.465 e. The number of fused-ring (bicyclic) bond motifs is 1. The number of carbonyl (C=O) groups is 2. The van der Waals surface area contributed by atoms with Gasteiger partial charge in [0.15, 0.2) is 0 Å². The number of nitrogens with one attached hydrogen (secondary N) is 1. The van der Waals surface area contributed by atoms with Crippen molar-refractivity contribution >= 4 is 40.8 Å². The number of hydrogen-bond acceptors (Lipinski definition) is 3. The first-order valence-electron chi connectivity index (χ1n) is 9.53. The Labute approximate surface area is 179 Å². The summed E-state index contributed by atoms with van der Waals surface area (Å²) in [7, 11) is 0. The molecule has 0 spiro atoms. The molecule has 0 radical (unpaired) electrons. The summed E-state index contributed by atoms with van der Waals surface area (Å²) in [6.45, 7) is 4.56. The number of carbonyl (C=O) groups excluding carboxylic acids is 2. The van der Waals surface area contributed by atoms with E-state index in [0.717, 1.165) is 17.6 Å². The van der Waals surface area contributed by atoms with Crippen LogP contribution >= 0.6 is 23.2 Å².